The first-order valence-corrected chi connectivity index (χ1v) is 9.27. The number of rotatable bonds is 6. The van der Waals surface area contributed by atoms with E-state index in [1.165, 1.54) is 19.3 Å². The van der Waals surface area contributed by atoms with Gasteiger partial charge in [0.1, 0.15) is 18.2 Å². The molecule has 2 aromatic rings. The molecule has 1 N–H and O–H groups in total. The van der Waals surface area contributed by atoms with Crippen LogP contribution in [-0.2, 0) is 0 Å². The molecule has 6 nitrogen and oxygen atoms in total. The number of carbonyl (C=O) groups is 1. The second-order valence-corrected chi connectivity index (χ2v) is 6.71. The van der Waals surface area contributed by atoms with Gasteiger partial charge in [0.05, 0.1) is 6.54 Å². The van der Waals surface area contributed by atoms with Gasteiger partial charge in [0, 0.05) is 29.7 Å². The van der Waals surface area contributed by atoms with Gasteiger partial charge in [0.2, 0.25) is 5.88 Å². The van der Waals surface area contributed by atoms with E-state index in [4.69, 9.17) is 16.3 Å². The third-order valence-corrected chi connectivity index (χ3v) is 4.48. The third kappa shape index (κ3) is 5.08. The molecule has 0 atom stereocenters. The Morgan fingerprint density at radius 1 is 1.19 bits per heavy atom. The van der Waals surface area contributed by atoms with Crippen molar-refractivity contribution in [2.24, 2.45) is 0 Å². The van der Waals surface area contributed by atoms with Gasteiger partial charge in [-0.05, 0) is 50.5 Å². The maximum Gasteiger partial charge on any atom is 0.251 e. The molecule has 0 saturated carbocycles. The summed E-state index contributed by atoms with van der Waals surface area (Å²) in [5.74, 6) is 1.99. The van der Waals surface area contributed by atoms with Crippen molar-refractivity contribution >= 4 is 23.3 Å². The Labute approximate surface area is 158 Å². The summed E-state index contributed by atoms with van der Waals surface area (Å²) in [5, 5.41) is 3.43. The van der Waals surface area contributed by atoms with Crippen LogP contribution >= 0.6 is 11.6 Å². The van der Waals surface area contributed by atoms with Crippen molar-refractivity contribution in [1.29, 1.82) is 0 Å². The second-order valence-electron chi connectivity index (χ2n) is 6.27. The van der Waals surface area contributed by atoms with Gasteiger partial charge in [-0.2, -0.15) is 4.98 Å². The van der Waals surface area contributed by atoms with E-state index in [0.717, 1.165) is 18.9 Å². The number of nitrogens with zero attached hydrogens (tertiary/aromatic N) is 3. The van der Waals surface area contributed by atoms with Gasteiger partial charge in [-0.15, -0.1) is 0 Å². The zero-order valence-electron chi connectivity index (χ0n) is 14.9. The minimum absolute atomic E-state index is 0.154. The normalized spacial score (nSPS) is 14.2. The summed E-state index contributed by atoms with van der Waals surface area (Å²) in [6.07, 6.45) is 3.66. The highest BCUT2D eigenvalue weighted by atomic mass is 35.5. The van der Waals surface area contributed by atoms with Crippen LogP contribution in [0.4, 0.5) is 5.82 Å². The first-order valence-electron chi connectivity index (χ1n) is 8.89. The van der Waals surface area contributed by atoms with E-state index in [-0.39, 0.29) is 5.91 Å². The highest BCUT2D eigenvalue weighted by Crippen LogP contribution is 2.21. The van der Waals surface area contributed by atoms with Crippen LogP contribution in [0.3, 0.4) is 0 Å². The lowest BCUT2D eigenvalue weighted by molar-refractivity contribution is 0.0946. The summed E-state index contributed by atoms with van der Waals surface area (Å²) >= 11 is 5.83. The summed E-state index contributed by atoms with van der Waals surface area (Å²) < 4.78 is 5.71. The third-order valence-electron chi connectivity index (χ3n) is 4.22. The van der Waals surface area contributed by atoms with E-state index in [2.05, 4.69) is 20.2 Å². The van der Waals surface area contributed by atoms with Gasteiger partial charge in [-0.1, -0.05) is 11.6 Å². The first kappa shape index (κ1) is 18.5. The summed E-state index contributed by atoms with van der Waals surface area (Å²) in [4.78, 5) is 23.2. The van der Waals surface area contributed by atoms with Crippen LogP contribution in [0, 0.1) is 6.92 Å². The smallest absolute Gasteiger partial charge is 0.251 e. The number of hydrogen-bond acceptors (Lipinski definition) is 5. The molecule has 1 fully saturated rings. The van der Waals surface area contributed by atoms with Crippen molar-refractivity contribution in [3.8, 4) is 5.88 Å². The van der Waals surface area contributed by atoms with Crippen molar-refractivity contribution in [2.75, 3.05) is 31.1 Å². The number of hydrogen-bond donors (Lipinski definition) is 1. The molecule has 7 heteroatoms. The monoisotopic (exact) mass is 374 g/mol. The van der Waals surface area contributed by atoms with Crippen LogP contribution in [0.15, 0.2) is 30.3 Å². The first-order chi connectivity index (χ1) is 12.6. The Morgan fingerprint density at radius 3 is 2.65 bits per heavy atom. The largest absolute Gasteiger partial charge is 0.476 e. The molecule has 0 unspecified atom stereocenters. The minimum atomic E-state index is -0.154. The fraction of sp³-hybridized carbons (Fsp3) is 0.421. The van der Waals surface area contributed by atoms with Crippen LogP contribution in [0.1, 0.15) is 35.4 Å². The fourth-order valence-electron chi connectivity index (χ4n) is 2.91. The molecule has 3 rings (SSSR count). The summed E-state index contributed by atoms with van der Waals surface area (Å²) in [7, 11) is 0. The number of aryl methyl sites for hydroxylation is 1. The lowest BCUT2D eigenvalue weighted by Gasteiger charge is -2.28. The van der Waals surface area contributed by atoms with Gasteiger partial charge >= 0.3 is 0 Å². The zero-order valence-corrected chi connectivity index (χ0v) is 15.6. The van der Waals surface area contributed by atoms with Crippen LogP contribution < -0.4 is 15.0 Å². The van der Waals surface area contributed by atoms with E-state index in [9.17, 15) is 4.79 Å². The van der Waals surface area contributed by atoms with Crippen molar-refractivity contribution < 1.29 is 9.53 Å². The summed E-state index contributed by atoms with van der Waals surface area (Å²) in [6, 6.07) is 8.64. The lowest BCUT2D eigenvalue weighted by Crippen LogP contribution is -2.30. The molecule has 138 valence electrons. The molecule has 0 radical (unpaired) electrons. The standard InChI is InChI=1S/C19H23ClN4O2/c1-14-22-17(24-10-3-2-4-11-24)13-18(23-14)26-12-9-21-19(25)15-5-7-16(20)8-6-15/h5-8,13H,2-4,9-12H2,1H3,(H,21,25). The van der Waals surface area contributed by atoms with Gasteiger partial charge in [0.25, 0.3) is 5.91 Å². The Bertz CT molecular complexity index is 746. The molecule has 1 saturated heterocycles. The lowest BCUT2D eigenvalue weighted by atomic mass is 10.1. The molecule has 1 aliphatic rings. The van der Waals surface area contributed by atoms with Crippen molar-refractivity contribution in [3.05, 3.63) is 46.7 Å². The number of carbonyl (C=O) groups excluding carboxylic acids is 1. The minimum Gasteiger partial charge on any atom is -0.476 e. The SMILES string of the molecule is Cc1nc(OCCNC(=O)c2ccc(Cl)cc2)cc(N2CCCCC2)n1. The molecular formula is C19H23ClN4O2. The molecule has 0 spiro atoms. The highest BCUT2D eigenvalue weighted by Gasteiger charge is 2.14. The van der Waals surface area contributed by atoms with E-state index in [1.54, 1.807) is 24.3 Å². The van der Waals surface area contributed by atoms with Crippen molar-refractivity contribution in [3.63, 3.8) is 0 Å². The van der Waals surface area contributed by atoms with Gasteiger partial charge in [0.15, 0.2) is 0 Å². The predicted octanol–water partition coefficient (Wildman–Crippen LogP) is 3.24. The van der Waals surface area contributed by atoms with Crippen LogP contribution in [0.5, 0.6) is 5.88 Å². The van der Waals surface area contributed by atoms with Crippen LogP contribution in [0.2, 0.25) is 5.02 Å². The topological polar surface area (TPSA) is 67.3 Å². The zero-order chi connectivity index (χ0) is 18.4. The number of aromatic nitrogens is 2. The maximum absolute atomic E-state index is 12.0. The molecule has 1 aliphatic heterocycles. The second kappa shape index (κ2) is 8.85. The quantitative estimate of drug-likeness (QED) is 0.786. The number of amides is 1. The molecule has 0 bridgehead atoms. The number of piperidine rings is 1. The Morgan fingerprint density at radius 2 is 1.92 bits per heavy atom. The van der Waals surface area contributed by atoms with Gasteiger partial charge in [-0.25, -0.2) is 4.98 Å². The molecule has 26 heavy (non-hydrogen) atoms. The van der Waals surface area contributed by atoms with Crippen molar-refractivity contribution in [2.45, 2.75) is 26.2 Å². The summed E-state index contributed by atoms with van der Waals surface area (Å²) in [6.45, 7) is 4.64. The Hall–Kier alpha value is -2.34. The Kier molecular flexibility index (Phi) is 6.28. The van der Waals surface area contributed by atoms with E-state index >= 15 is 0 Å². The van der Waals surface area contributed by atoms with Gasteiger partial charge < -0.3 is 15.0 Å². The molecule has 2 heterocycles. The van der Waals surface area contributed by atoms with E-state index in [1.807, 2.05) is 13.0 Å². The van der Waals surface area contributed by atoms with Crippen LogP contribution in [0.25, 0.3) is 0 Å². The number of nitrogens with one attached hydrogen (secondary N) is 1. The number of ether oxygens (including phenoxy) is 1. The van der Waals surface area contributed by atoms with E-state index in [0.29, 0.717) is 35.4 Å². The average Bonchev–Trinajstić information content (AvgIpc) is 2.66. The fourth-order valence-corrected chi connectivity index (χ4v) is 3.03. The molecule has 1 amide bonds. The average molecular weight is 375 g/mol. The van der Waals surface area contributed by atoms with E-state index < -0.39 is 0 Å². The molecule has 1 aromatic heterocycles. The Balaban J connectivity index is 1.50. The van der Waals surface area contributed by atoms with Crippen molar-refractivity contribution in [1.82, 2.24) is 15.3 Å². The molecule has 1 aromatic carbocycles. The maximum atomic E-state index is 12.0. The number of benzene rings is 1. The predicted molar refractivity (Wildman–Crippen MR) is 102 cm³/mol. The summed E-state index contributed by atoms with van der Waals surface area (Å²) in [5.41, 5.74) is 0.569. The van der Waals surface area contributed by atoms with Crippen LogP contribution in [-0.4, -0.2) is 42.1 Å². The molecule has 0 aliphatic carbocycles. The highest BCUT2D eigenvalue weighted by molar-refractivity contribution is 6.30. The van der Waals surface area contributed by atoms with Gasteiger partial charge in [-0.3, -0.25) is 4.79 Å². The number of halogens is 1. The molecular weight excluding hydrogens is 352 g/mol. The number of anilines is 1.